The molecule has 0 unspecified atom stereocenters. The third-order valence-electron chi connectivity index (χ3n) is 5.25. The number of amides is 1. The zero-order valence-electron chi connectivity index (χ0n) is 17.9. The fourth-order valence-corrected chi connectivity index (χ4v) is 6.49. The van der Waals surface area contributed by atoms with Crippen molar-refractivity contribution in [3.63, 3.8) is 0 Å². The lowest BCUT2D eigenvalue weighted by atomic mass is 10.2. The van der Waals surface area contributed by atoms with Crippen LogP contribution in [0.5, 0.6) is 0 Å². The maximum atomic E-state index is 13.8. The summed E-state index contributed by atoms with van der Waals surface area (Å²) >= 11 is 15.4. The molecule has 0 aromatic heterocycles. The zero-order chi connectivity index (χ0) is 23.1. The number of hydrogen-bond donors (Lipinski definition) is 0. The number of nitrogens with zero attached hydrogens (tertiary/aromatic N) is 3. The molecule has 0 spiro atoms. The second-order valence-corrected chi connectivity index (χ2v) is 10.4. The molecule has 3 aromatic carbocycles. The highest BCUT2D eigenvalue weighted by molar-refractivity contribution is 8.20. The van der Waals surface area contributed by atoms with E-state index in [0.29, 0.717) is 25.8 Å². The van der Waals surface area contributed by atoms with Crippen LogP contribution in [-0.2, 0) is 4.79 Å². The first-order valence-electron chi connectivity index (χ1n) is 10.4. The number of rotatable bonds is 3. The van der Waals surface area contributed by atoms with Gasteiger partial charge in [0.2, 0.25) is 0 Å². The van der Waals surface area contributed by atoms with Crippen LogP contribution in [-0.4, -0.2) is 17.6 Å². The Balaban J connectivity index is 1.64. The van der Waals surface area contributed by atoms with Gasteiger partial charge in [-0.3, -0.25) is 9.69 Å². The van der Waals surface area contributed by atoms with Crippen LogP contribution < -0.4 is 9.80 Å². The second kappa shape index (κ2) is 9.11. The number of anilines is 2. The van der Waals surface area contributed by atoms with Gasteiger partial charge in [0, 0.05) is 21.5 Å². The van der Waals surface area contributed by atoms with Crippen molar-refractivity contribution in [2.24, 2.45) is 4.99 Å². The summed E-state index contributed by atoms with van der Waals surface area (Å²) in [5, 5.41) is 2.77. The van der Waals surface area contributed by atoms with E-state index in [1.807, 2.05) is 61.5 Å². The van der Waals surface area contributed by atoms with Gasteiger partial charge in [0.05, 0.1) is 17.1 Å². The van der Waals surface area contributed by atoms with Gasteiger partial charge in [0.1, 0.15) is 9.93 Å². The first-order valence-corrected chi connectivity index (χ1v) is 12.8. The van der Waals surface area contributed by atoms with Crippen LogP contribution in [0.4, 0.5) is 17.1 Å². The average molecular weight is 512 g/mol. The lowest BCUT2D eigenvalue weighted by Crippen LogP contribution is -2.29. The second-order valence-electron chi connectivity index (χ2n) is 7.55. The smallest absolute Gasteiger partial charge is 0.274 e. The molecular weight excluding hydrogens is 493 g/mol. The van der Waals surface area contributed by atoms with Gasteiger partial charge in [-0.25, -0.2) is 4.99 Å². The van der Waals surface area contributed by atoms with Crippen LogP contribution in [0.2, 0.25) is 10.0 Å². The summed E-state index contributed by atoms with van der Waals surface area (Å²) < 4.78 is 0. The highest BCUT2D eigenvalue weighted by Gasteiger charge is 2.40. The molecule has 0 atom stereocenters. The van der Waals surface area contributed by atoms with E-state index in [1.54, 1.807) is 28.8 Å². The molecule has 3 aromatic rings. The molecule has 0 bridgehead atoms. The van der Waals surface area contributed by atoms with Gasteiger partial charge in [-0.2, -0.15) is 0 Å². The number of carbonyl (C=O) groups excluding carboxylic acids is 1. The maximum Gasteiger partial charge on any atom is 0.274 e. The molecule has 33 heavy (non-hydrogen) atoms. The quantitative estimate of drug-likeness (QED) is 0.335. The number of thioether (sulfide) groups is 2. The molecule has 1 amide bonds. The predicted octanol–water partition coefficient (Wildman–Crippen LogP) is 7.87. The number of halogens is 2. The fourth-order valence-electron chi connectivity index (χ4n) is 3.77. The van der Waals surface area contributed by atoms with Crippen molar-refractivity contribution in [2.45, 2.75) is 18.7 Å². The number of fused-ring (bicyclic) bond motifs is 1. The van der Waals surface area contributed by atoms with Crippen molar-refractivity contribution in [1.29, 1.82) is 0 Å². The van der Waals surface area contributed by atoms with Crippen LogP contribution in [0.3, 0.4) is 0 Å². The first-order chi connectivity index (χ1) is 15.9. The standard InChI is InChI=1S/C25H19Cl2N3OS2/c1-3-29-20-14-17(27)10-11-21(20)32-24(29)22-23(31)30(19-9-4-6-15(2)12-19)25(33-22)28-18-8-5-7-16(26)13-18/h4-14H,3H2,1-2H3/b24-22-,28-25?. The Hall–Kier alpha value is -2.38. The minimum atomic E-state index is -0.0915. The van der Waals surface area contributed by atoms with Gasteiger partial charge < -0.3 is 4.90 Å². The Morgan fingerprint density at radius 3 is 2.48 bits per heavy atom. The van der Waals surface area contributed by atoms with Gasteiger partial charge in [-0.1, -0.05) is 53.2 Å². The zero-order valence-corrected chi connectivity index (χ0v) is 21.0. The number of carbonyl (C=O) groups is 1. The molecule has 0 radical (unpaired) electrons. The van der Waals surface area contributed by atoms with Crippen LogP contribution in [0, 0.1) is 6.92 Å². The molecule has 0 aliphatic carbocycles. The Kier molecular flexibility index (Phi) is 6.18. The van der Waals surface area contributed by atoms with E-state index in [4.69, 9.17) is 28.2 Å². The van der Waals surface area contributed by atoms with E-state index in [9.17, 15) is 4.79 Å². The largest absolute Gasteiger partial charge is 0.334 e. The highest BCUT2D eigenvalue weighted by atomic mass is 35.5. The van der Waals surface area contributed by atoms with E-state index >= 15 is 0 Å². The van der Waals surface area contributed by atoms with Crippen LogP contribution in [0.15, 0.2) is 86.6 Å². The third-order valence-corrected chi connectivity index (χ3v) is 8.06. The van der Waals surface area contributed by atoms with Crippen molar-refractivity contribution >= 4 is 74.9 Å². The summed E-state index contributed by atoms with van der Waals surface area (Å²) in [6, 6.07) is 21.0. The lowest BCUT2D eigenvalue weighted by molar-refractivity contribution is -0.113. The normalized spacial score (nSPS) is 19.0. The van der Waals surface area contributed by atoms with Crippen LogP contribution in [0.1, 0.15) is 12.5 Å². The van der Waals surface area contributed by atoms with E-state index in [0.717, 1.165) is 33.4 Å². The van der Waals surface area contributed by atoms with E-state index < -0.39 is 0 Å². The lowest BCUT2D eigenvalue weighted by Gasteiger charge is -2.19. The molecule has 2 aliphatic heterocycles. The molecular formula is C25H19Cl2N3OS2. The summed E-state index contributed by atoms with van der Waals surface area (Å²) in [6.07, 6.45) is 0. The van der Waals surface area contributed by atoms with E-state index in [1.165, 1.54) is 11.8 Å². The van der Waals surface area contributed by atoms with Crippen molar-refractivity contribution < 1.29 is 4.79 Å². The Morgan fingerprint density at radius 1 is 0.939 bits per heavy atom. The minimum Gasteiger partial charge on any atom is -0.334 e. The fraction of sp³-hybridized carbons (Fsp3) is 0.120. The number of aliphatic imine (C=N–C) groups is 1. The minimum absolute atomic E-state index is 0.0915. The summed E-state index contributed by atoms with van der Waals surface area (Å²) in [4.78, 5) is 24.2. The van der Waals surface area contributed by atoms with Crippen molar-refractivity contribution in [2.75, 3.05) is 16.3 Å². The Morgan fingerprint density at radius 2 is 1.73 bits per heavy atom. The summed E-state index contributed by atoms with van der Waals surface area (Å²) in [7, 11) is 0. The summed E-state index contributed by atoms with van der Waals surface area (Å²) in [6.45, 7) is 4.80. The van der Waals surface area contributed by atoms with Gasteiger partial charge in [0.15, 0.2) is 5.17 Å². The number of aryl methyl sites for hydroxylation is 1. The van der Waals surface area contributed by atoms with Crippen molar-refractivity contribution in [1.82, 2.24) is 0 Å². The molecule has 8 heteroatoms. The number of benzene rings is 3. The van der Waals surface area contributed by atoms with Gasteiger partial charge in [-0.05, 0) is 79.7 Å². The molecule has 0 saturated carbocycles. The molecule has 1 saturated heterocycles. The summed E-state index contributed by atoms with van der Waals surface area (Å²) in [5.41, 5.74) is 3.58. The molecule has 4 nitrogen and oxygen atoms in total. The molecule has 166 valence electrons. The summed E-state index contributed by atoms with van der Waals surface area (Å²) in [5.74, 6) is -0.0915. The van der Waals surface area contributed by atoms with Crippen LogP contribution >= 0.6 is 46.7 Å². The SMILES string of the molecule is CCN1/C(=C2/SC(=Nc3cccc(Cl)c3)N(c3cccc(C)c3)C2=O)Sc2ccc(Cl)cc21. The van der Waals surface area contributed by atoms with E-state index in [2.05, 4.69) is 11.8 Å². The Labute approximate surface area is 211 Å². The van der Waals surface area contributed by atoms with Crippen LogP contribution in [0.25, 0.3) is 0 Å². The van der Waals surface area contributed by atoms with Gasteiger partial charge >= 0.3 is 0 Å². The third kappa shape index (κ3) is 4.28. The van der Waals surface area contributed by atoms with Gasteiger partial charge in [-0.15, -0.1) is 0 Å². The molecule has 2 heterocycles. The first kappa shape index (κ1) is 22.4. The number of amidine groups is 1. The molecule has 1 fully saturated rings. The topological polar surface area (TPSA) is 35.9 Å². The van der Waals surface area contributed by atoms with E-state index in [-0.39, 0.29) is 5.91 Å². The average Bonchev–Trinajstić information content (AvgIpc) is 3.30. The monoisotopic (exact) mass is 511 g/mol. The molecule has 0 N–H and O–H groups in total. The molecule has 2 aliphatic rings. The van der Waals surface area contributed by atoms with Crippen molar-refractivity contribution in [3.8, 4) is 0 Å². The van der Waals surface area contributed by atoms with Gasteiger partial charge in [0.25, 0.3) is 5.91 Å². The molecule has 5 rings (SSSR count). The highest BCUT2D eigenvalue weighted by Crippen LogP contribution is 2.51. The maximum absolute atomic E-state index is 13.8. The Bertz CT molecular complexity index is 1340. The predicted molar refractivity (Wildman–Crippen MR) is 142 cm³/mol. The number of hydrogen-bond acceptors (Lipinski definition) is 5. The van der Waals surface area contributed by atoms with Crippen molar-refractivity contribution in [3.05, 3.63) is 92.3 Å².